The van der Waals surface area contributed by atoms with E-state index in [1.54, 1.807) is 0 Å². The van der Waals surface area contributed by atoms with Crippen molar-refractivity contribution in [3.63, 3.8) is 0 Å². The largest absolute Gasteiger partial charge is 0.472 e. The minimum atomic E-state index is -4.44. The fourth-order valence-electron chi connectivity index (χ4n) is 10.5. The smallest absolute Gasteiger partial charge is 0.456 e. The molecule has 1 amide bonds. The summed E-state index contributed by atoms with van der Waals surface area (Å²) in [4.78, 5) is 37.8. The summed E-state index contributed by atoms with van der Waals surface area (Å²) in [5.41, 5.74) is 0. The summed E-state index contributed by atoms with van der Waals surface area (Å²) in [6.45, 7) is 7.07. The number of unbranched alkanes of at least 4 members (excludes halogenated alkanes) is 47. The maximum absolute atomic E-state index is 13.6. The molecule has 2 N–H and O–H groups in total. The van der Waals surface area contributed by atoms with E-state index >= 15 is 0 Å². The molecule has 3 unspecified atom stereocenters. The van der Waals surface area contributed by atoms with E-state index in [1.165, 1.54) is 263 Å². The van der Waals surface area contributed by atoms with Gasteiger partial charge in [-0.25, -0.2) is 4.57 Å². The molecule has 0 bridgehead atoms. The number of nitrogens with zero attached hydrogens (tertiary/aromatic N) is 1. The predicted molar refractivity (Wildman–Crippen MR) is 333 cm³/mol. The molecule has 458 valence electrons. The first-order valence-electron chi connectivity index (χ1n) is 34.0. The van der Waals surface area contributed by atoms with Crippen LogP contribution in [0.1, 0.15) is 355 Å². The molecule has 0 saturated carbocycles. The van der Waals surface area contributed by atoms with Crippen molar-refractivity contribution in [2.24, 2.45) is 0 Å². The molecule has 0 aromatic carbocycles. The van der Waals surface area contributed by atoms with Gasteiger partial charge >= 0.3 is 13.8 Å². The van der Waals surface area contributed by atoms with E-state index in [4.69, 9.17) is 13.8 Å². The first-order valence-corrected chi connectivity index (χ1v) is 35.5. The van der Waals surface area contributed by atoms with Crippen molar-refractivity contribution in [2.75, 3.05) is 40.9 Å². The summed E-state index contributed by atoms with van der Waals surface area (Å²) < 4.78 is 30.7. The van der Waals surface area contributed by atoms with Gasteiger partial charge < -0.3 is 19.4 Å². The minimum Gasteiger partial charge on any atom is -0.456 e. The van der Waals surface area contributed by atoms with E-state index in [1.807, 2.05) is 33.3 Å². The molecule has 10 heteroatoms. The first-order chi connectivity index (χ1) is 37.4. The summed E-state index contributed by atoms with van der Waals surface area (Å²) in [6, 6.07) is -0.839. The lowest BCUT2D eigenvalue weighted by molar-refractivity contribution is -0.870. The molecule has 9 nitrogen and oxygen atoms in total. The Morgan fingerprint density at radius 3 is 1.06 bits per heavy atom. The number of carbonyl (C=O) groups is 2. The second-order valence-electron chi connectivity index (χ2n) is 24.7. The zero-order valence-corrected chi connectivity index (χ0v) is 53.4. The Balaban J connectivity index is 4.97. The van der Waals surface area contributed by atoms with Gasteiger partial charge in [0.15, 0.2) is 0 Å². The van der Waals surface area contributed by atoms with Crippen LogP contribution in [-0.4, -0.2) is 74.3 Å². The number of allylic oxidation sites excluding steroid dienone is 1. The third kappa shape index (κ3) is 59.2. The molecule has 0 aliphatic rings. The van der Waals surface area contributed by atoms with Gasteiger partial charge in [0.05, 0.1) is 33.8 Å². The van der Waals surface area contributed by atoms with Gasteiger partial charge in [0.2, 0.25) is 5.91 Å². The number of ether oxygens (including phenoxy) is 1. The molecule has 0 aliphatic carbocycles. The topological polar surface area (TPSA) is 111 Å². The Morgan fingerprint density at radius 2 is 0.740 bits per heavy atom. The van der Waals surface area contributed by atoms with Crippen LogP contribution < -0.4 is 5.32 Å². The average Bonchev–Trinajstić information content (AvgIpc) is 3.39. The van der Waals surface area contributed by atoms with Gasteiger partial charge in [0.25, 0.3) is 0 Å². The normalized spacial score (nSPS) is 13.6. The van der Waals surface area contributed by atoms with Gasteiger partial charge in [-0.3, -0.25) is 18.6 Å². The number of phosphoric ester groups is 1. The molecule has 3 atom stereocenters. The van der Waals surface area contributed by atoms with Crippen LogP contribution in [0, 0.1) is 0 Å². The number of phosphoric acid groups is 1. The number of esters is 1. The van der Waals surface area contributed by atoms with Crippen molar-refractivity contribution < 1.29 is 37.3 Å². The molecular weight excluding hydrogens is 976 g/mol. The van der Waals surface area contributed by atoms with Crippen molar-refractivity contribution >= 4 is 19.7 Å². The number of nitrogens with one attached hydrogen (secondary N) is 1. The summed E-state index contributed by atoms with van der Waals surface area (Å²) in [5.74, 6) is -0.481. The van der Waals surface area contributed by atoms with Crippen LogP contribution in [0.3, 0.4) is 0 Å². The maximum Gasteiger partial charge on any atom is 0.472 e. The van der Waals surface area contributed by atoms with Gasteiger partial charge in [-0.05, 0) is 31.8 Å². The zero-order valence-electron chi connectivity index (χ0n) is 52.5. The van der Waals surface area contributed by atoms with Gasteiger partial charge in [-0.15, -0.1) is 0 Å². The number of amides is 1. The molecule has 0 aliphatic heterocycles. The molecule has 0 fully saturated rings. The molecule has 0 rings (SSSR count). The Labute approximate surface area is 480 Å². The van der Waals surface area contributed by atoms with Gasteiger partial charge in [0.1, 0.15) is 19.3 Å². The number of carbonyl (C=O) groups excluding carboxylic acids is 2. The highest BCUT2D eigenvalue weighted by Crippen LogP contribution is 2.43. The van der Waals surface area contributed by atoms with Crippen LogP contribution >= 0.6 is 7.82 Å². The van der Waals surface area contributed by atoms with Crippen LogP contribution in [0.2, 0.25) is 0 Å². The quantitative estimate of drug-likeness (QED) is 0.0205. The van der Waals surface area contributed by atoms with Gasteiger partial charge in [-0.1, -0.05) is 322 Å². The van der Waals surface area contributed by atoms with E-state index in [0.717, 1.165) is 57.8 Å². The lowest BCUT2D eigenvalue weighted by atomic mass is 10.0. The fourth-order valence-corrected chi connectivity index (χ4v) is 11.2. The molecule has 0 radical (unpaired) electrons. The number of quaternary nitrogens is 1. The SMILES string of the molecule is CCCCCCCCCCC/C=C\C(OC(=O)CCCCCCCCCCCCCCCCC)C(COP(=O)(O)OCC[N+](C)(C)C)NC(=O)CCCCCCCCCCCCCCCCCCCCCCCCCCC. The van der Waals surface area contributed by atoms with Crippen molar-refractivity contribution in [3.05, 3.63) is 12.2 Å². The summed E-state index contributed by atoms with van der Waals surface area (Å²) in [6.07, 6.45) is 68.0. The number of rotatable bonds is 63. The number of hydrogen-bond acceptors (Lipinski definition) is 6. The summed E-state index contributed by atoms with van der Waals surface area (Å²) >= 11 is 0. The van der Waals surface area contributed by atoms with Crippen molar-refractivity contribution in [3.8, 4) is 0 Å². The van der Waals surface area contributed by atoms with Crippen molar-refractivity contribution in [1.29, 1.82) is 0 Å². The van der Waals surface area contributed by atoms with E-state index < -0.39 is 20.0 Å². The molecule has 0 aromatic rings. The van der Waals surface area contributed by atoms with Crippen LogP contribution in [0.4, 0.5) is 0 Å². The lowest BCUT2D eigenvalue weighted by Gasteiger charge is -2.27. The Hall–Kier alpha value is -1.25. The van der Waals surface area contributed by atoms with Crippen LogP contribution in [0.5, 0.6) is 0 Å². The first kappa shape index (κ1) is 75.8. The van der Waals surface area contributed by atoms with Gasteiger partial charge in [-0.2, -0.15) is 0 Å². The second-order valence-corrected chi connectivity index (χ2v) is 26.2. The second kappa shape index (κ2) is 58.0. The average molecular weight is 1110 g/mol. The third-order valence-corrected chi connectivity index (χ3v) is 16.7. The molecule has 0 spiro atoms. The van der Waals surface area contributed by atoms with E-state index in [-0.39, 0.29) is 25.1 Å². The highest BCUT2D eigenvalue weighted by Gasteiger charge is 2.30. The molecular formula is C67H134N2O7P+. The van der Waals surface area contributed by atoms with Crippen molar-refractivity contribution in [1.82, 2.24) is 5.32 Å². The Kier molecular flexibility index (Phi) is 57.0. The highest BCUT2D eigenvalue weighted by molar-refractivity contribution is 7.47. The van der Waals surface area contributed by atoms with Crippen LogP contribution in [-0.2, 0) is 27.9 Å². The Bertz CT molecular complexity index is 1320. The van der Waals surface area contributed by atoms with E-state index in [9.17, 15) is 19.0 Å². The molecule has 0 heterocycles. The molecule has 77 heavy (non-hydrogen) atoms. The number of likely N-dealkylation sites (N-methyl/N-ethyl adjacent to an activating group) is 1. The van der Waals surface area contributed by atoms with Crippen LogP contribution in [0.15, 0.2) is 12.2 Å². The lowest BCUT2D eigenvalue weighted by Crippen LogP contribution is -2.47. The fraction of sp³-hybridized carbons (Fsp3) is 0.940. The minimum absolute atomic E-state index is 0.0458. The van der Waals surface area contributed by atoms with Crippen molar-refractivity contribution in [2.45, 2.75) is 367 Å². The molecule has 0 aromatic heterocycles. The monoisotopic (exact) mass is 1110 g/mol. The number of hydrogen-bond donors (Lipinski definition) is 2. The third-order valence-electron chi connectivity index (χ3n) is 15.7. The van der Waals surface area contributed by atoms with E-state index in [2.05, 4.69) is 26.1 Å². The summed E-state index contributed by atoms with van der Waals surface area (Å²) in [7, 11) is 1.52. The van der Waals surface area contributed by atoms with Crippen LogP contribution in [0.25, 0.3) is 0 Å². The van der Waals surface area contributed by atoms with Gasteiger partial charge in [0, 0.05) is 12.8 Å². The zero-order chi connectivity index (χ0) is 56.4. The highest BCUT2D eigenvalue weighted by atomic mass is 31.2. The predicted octanol–water partition coefficient (Wildman–Crippen LogP) is 21.1. The standard InChI is InChI=1S/C67H133N2O7P/c1-7-10-13-16-19-22-25-27-29-30-31-32-33-34-35-36-37-38-40-41-44-47-50-53-56-59-66(70)68-64(63-75-77(72,73)74-62-61-69(4,5)6)65(58-55-52-49-46-43-24-21-18-15-12-9-3)76-67(71)60-57-54-51-48-45-42-39-28-26-23-20-17-14-11-8-2/h55,58,64-65H,7-54,56-57,59-63H2,1-6H3,(H-,68,70,72,73)/p+1/b58-55-. The van der Waals surface area contributed by atoms with E-state index in [0.29, 0.717) is 23.9 Å². The molecule has 0 saturated heterocycles. The summed E-state index contributed by atoms with van der Waals surface area (Å²) in [5, 5.41) is 3.07. The Morgan fingerprint density at radius 1 is 0.442 bits per heavy atom. The maximum atomic E-state index is 13.6.